The molecule has 0 saturated carbocycles. The van der Waals surface area contributed by atoms with Crippen LogP contribution in [0.4, 0.5) is 0 Å². The number of amides is 1. The van der Waals surface area contributed by atoms with E-state index >= 15 is 0 Å². The fourth-order valence-electron chi connectivity index (χ4n) is 5.01. The van der Waals surface area contributed by atoms with Crippen molar-refractivity contribution in [3.05, 3.63) is 59.1 Å². The van der Waals surface area contributed by atoms with Crippen molar-refractivity contribution in [3.63, 3.8) is 0 Å². The van der Waals surface area contributed by atoms with Gasteiger partial charge in [-0.1, -0.05) is 29.8 Å². The summed E-state index contributed by atoms with van der Waals surface area (Å²) < 4.78 is 34.8. The van der Waals surface area contributed by atoms with Gasteiger partial charge in [0, 0.05) is 43.0 Å². The summed E-state index contributed by atoms with van der Waals surface area (Å²) in [6, 6.07) is 14.2. The van der Waals surface area contributed by atoms with Crippen LogP contribution in [0.3, 0.4) is 0 Å². The first-order chi connectivity index (χ1) is 16.3. The number of aryl methyl sites for hydroxylation is 1. The summed E-state index contributed by atoms with van der Waals surface area (Å²) in [5.74, 6) is 0.752. The van der Waals surface area contributed by atoms with Gasteiger partial charge in [0.05, 0.1) is 11.5 Å². The molecule has 4 rings (SSSR count). The number of hydrogen-bond acceptors (Lipinski definition) is 4. The fraction of sp³-hybridized carbons (Fsp3) is 0.500. The minimum atomic E-state index is -3.68. The van der Waals surface area contributed by atoms with Gasteiger partial charge < -0.3 is 9.64 Å². The Bertz CT molecular complexity index is 1100. The van der Waals surface area contributed by atoms with Crippen LogP contribution in [-0.2, 0) is 14.8 Å². The monoisotopic (exact) mass is 504 g/mol. The molecule has 34 heavy (non-hydrogen) atoms. The van der Waals surface area contributed by atoms with Gasteiger partial charge in [-0.15, -0.1) is 0 Å². The lowest BCUT2D eigenvalue weighted by molar-refractivity contribution is -0.136. The van der Waals surface area contributed by atoms with Gasteiger partial charge in [0.15, 0.2) is 0 Å². The maximum atomic E-state index is 13.6. The number of carbonyl (C=O) groups is 1. The SMILES string of the molecule is Cc1ccccc1S(=O)(=O)N1CCC[C@@](COc2ccc(Cl)cc2)(CC(=O)N2CCCCC2)C1. The second-order valence-electron chi connectivity index (χ2n) is 9.57. The van der Waals surface area contributed by atoms with Crippen LogP contribution >= 0.6 is 11.6 Å². The highest BCUT2D eigenvalue weighted by atomic mass is 35.5. The van der Waals surface area contributed by atoms with Gasteiger partial charge in [-0.05, 0) is 74.9 Å². The number of benzene rings is 2. The molecule has 0 aromatic heterocycles. The van der Waals surface area contributed by atoms with Crippen LogP contribution in [0.25, 0.3) is 0 Å². The van der Waals surface area contributed by atoms with Crippen LogP contribution in [-0.4, -0.2) is 56.3 Å². The second-order valence-corrected chi connectivity index (χ2v) is 11.9. The maximum absolute atomic E-state index is 13.6. The molecular weight excluding hydrogens is 472 g/mol. The smallest absolute Gasteiger partial charge is 0.243 e. The minimum Gasteiger partial charge on any atom is -0.493 e. The highest BCUT2D eigenvalue weighted by Gasteiger charge is 2.43. The van der Waals surface area contributed by atoms with Crippen molar-refractivity contribution in [1.82, 2.24) is 9.21 Å². The third-order valence-corrected chi connectivity index (χ3v) is 9.19. The lowest BCUT2D eigenvalue weighted by Crippen LogP contribution is -2.51. The fourth-order valence-corrected chi connectivity index (χ4v) is 6.95. The third kappa shape index (κ3) is 5.75. The molecule has 2 saturated heterocycles. The Labute approximate surface area is 207 Å². The Balaban J connectivity index is 1.58. The van der Waals surface area contributed by atoms with Crippen LogP contribution in [0.5, 0.6) is 5.75 Å². The summed E-state index contributed by atoms with van der Waals surface area (Å²) in [5, 5.41) is 0.621. The minimum absolute atomic E-state index is 0.0922. The molecule has 8 heteroatoms. The molecule has 1 amide bonds. The molecule has 0 N–H and O–H groups in total. The summed E-state index contributed by atoms with van der Waals surface area (Å²) in [7, 11) is -3.68. The van der Waals surface area contributed by atoms with E-state index in [0.717, 1.165) is 44.3 Å². The Kier molecular flexibility index (Phi) is 7.85. The van der Waals surface area contributed by atoms with Crippen molar-refractivity contribution in [2.45, 2.75) is 50.3 Å². The van der Waals surface area contributed by atoms with Gasteiger partial charge in [-0.2, -0.15) is 4.31 Å². The molecule has 2 aromatic rings. The number of carbonyl (C=O) groups excluding carboxylic acids is 1. The molecule has 184 valence electrons. The summed E-state index contributed by atoms with van der Waals surface area (Å²) in [6.45, 7) is 4.34. The molecule has 2 fully saturated rings. The van der Waals surface area contributed by atoms with Crippen LogP contribution in [0, 0.1) is 12.3 Å². The molecule has 2 heterocycles. The molecule has 0 unspecified atom stereocenters. The van der Waals surface area contributed by atoms with E-state index in [0.29, 0.717) is 28.6 Å². The van der Waals surface area contributed by atoms with Crippen molar-refractivity contribution >= 4 is 27.5 Å². The number of sulfonamides is 1. The van der Waals surface area contributed by atoms with E-state index in [-0.39, 0.29) is 25.5 Å². The molecule has 0 radical (unpaired) electrons. The zero-order chi connectivity index (χ0) is 24.2. The molecule has 1 atom stereocenters. The first-order valence-corrected chi connectivity index (χ1v) is 13.8. The van der Waals surface area contributed by atoms with Crippen LogP contribution in [0.2, 0.25) is 5.02 Å². The number of rotatable bonds is 7. The Morgan fingerprint density at radius 1 is 1.00 bits per heavy atom. The van der Waals surface area contributed by atoms with Gasteiger partial charge in [-0.25, -0.2) is 8.42 Å². The number of hydrogen-bond donors (Lipinski definition) is 0. The second kappa shape index (κ2) is 10.7. The molecule has 2 aromatic carbocycles. The number of nitrogens with zero attached hydrogens (tertiary/aromatic N) is 2. The summed E-state index contributed by atoms with van der Waals surface area (Å²) >= 11 is 6.00. The summed E-state index contributed by atoms with van der Waals surface area (Å²) in [6.07, 6.45) is 4.89. The normalized spacial score (nSPS) is 21.9. The Morgan fingerprint density at radius 3 is 2.41 bits per heavy atom. The highest BCUT2D eigenvalue weighted by molar-refractivity contribution is 7.89. The zero-order valence-electron chi connectivity index (χ0n) is 19.7. The van der Waals surface area contributed by atoms with E-state index in [4.69, 9.17) is 16.3 Å². The van der Waals surface area contributed by atoms with Crippen LogP contribution in [0.1, 0.15) is 44.1 Å². The van der Waals surface area contributed by atoms with E-state index in [9.17, 15) is 13.2 Å². The van der Waals surface area contributed by atoms with E-state index < -0.39 is 15.4 Å². The molecular formula is C26H33ClN2O4S. The summed E-state index contributed by atoms with van der Waals surface area (Å²) in [4.78, 5) is 15.6. The zero-order valence-corrected chi connectivity index (χ0v) is 21.3. The molecule has 6 nitrogen and oxygen atoms in total. The van der Waals surface area contributed by atoms with Crippen LogP contribution in [0.15, 0.2) is 53.4 Å². The van der Waals surface area contributed by atoms with Gasteiger partial charge in [0.25, 0.3) is 0 Å². The Morgan fingerprint density at radius 2 is 1.71 bits per heavy atom. The standard InChI is InChI=1S/C26H33ClN2O4S/c1-21-8-3-4-9-24(21)34(31,32)29-17-7-14-26(19-29,18-25(30)28-15-5-2-6-16-28)20-33-23-12-10-22(27)11-13-23/h3-4,8-13H,2,5-7,14-20H2,1H3/t26-/m1/s1. The first-order valence-electron chi connectivity index (χ1n) is 12.0. The first kappa shape index (κ1) is 25.0. The molecule has 0 bridgehead atoms. The lowest BCUT2D eigenvalue weighted by atomic mass is 9.78. The Hall–Kier alpha value is -2.09. The van der Waals surface area contributed by atoms with Crippen molar-refractivity contribution in [2.24, 2.45) is 5.41 Å². The predicted molar refractivity (Wildman–Crippen MR) is 134 cm³/mol. The quantitative estimate of drug-likeness (QED) is 0.537. The number of piperidine rings is 2. The lowest BCUT2D eigenvalue weighted by Gasteiger charge is -2.42. The van der Waals surface area contributed by atoms with Gasteiger partial charge >= 0.3 is 0 Å². The number of halogens is 1. The number of likely N-dealkylation sites (tertiary alicyclic amines) is 1. The highest BCUT2D eigenvalue weighted by Crippen LogP contribution is 2.38. The van der Waals surface area contributed by atoms with Gasteiger partial charge in [0.2, 0.25) is 15.9 Å². The number of ether oxygens (including phenoxy) is 1. The molecule has 2 aliphatic rings. The van der Waals surface area contributed by atoms with Crippen molar-refractivity contribution in [3.8, 4) is 5.75 Å². The molecule has 0 spiro atoms. The van der Waals surface area contributed by atoms with Gasteiger partial charge in [-0.3, -0.25) is 4.79 Å². The van der Waals surface area contributed by atoms with Crippen LogP contribution < -0.4 is 4.74 Å². The van der Waals surface area contributed by atoms with Crippen molar-refractivity contribution < 1.29 is 17.9 Å². The van der Waals surface area contributed by atoms with Crippen molar-refractivity contribution in [1.29, 1.82) is 0 Å². The largest absolute Gasteiger partial charge is 0.493 e. The maximum Gasteiger partial charge on any atom is 0.243 e. The van der Waals surface area contributed by atoms with E-state index in [2.05, 4.69) is 0 Å². The average molecular weight is 505 g/mol. The summed E-state index contributed by atoms with van der Waals surface area (Å²) in [5.41, 5.74) is 0.128. The van der Waals surface area contributed by atoms with Gasteiger partial charge in [0.1, 0.15) is 5.75 Å². The predicted octanol–water partition coefficient (Wildman–Crippen LogP) is 4.90. The van der Waals surface area contributed by atoms with Crippen molar-refractivity contribution in [2.75, 3.05) is 32.8 Å². The van der Waals surface area contributed by atoms with E-state index in [1.165, 1.54) is 0 Å². The molecule has 0 aliphatic carbocycles. The van der Waals surface area contributed by atoms with E-state index in [1.54, 1.807) is 40.7 Å². The topological polar surface area (TPSA) is 66.9 Å². The van der Waals surface area contributed by atoms with E-state index in [1.807, 2.05) is 24.0 Å². The average Bonchev–Trinajstić information content (AvgIpc) is 2.84. The molecule has 2 aliphatic heterocycles. The third-order valence-electron chi connectivity index (χ3n) is 6.93.